The molecule has 1 atom stereocenters. The number of carbonyl (C=O) groups is 1. The van der Waals surface area contributed by atoms with Gasteiger partial charge in [-0.1, -0.05) is 13.8 Å². The summed E-state index contributed by atoms with van der Waals surface area (Å²) in [6.07, 6.45) is 1.58. The molecule has 0 bridgehead atoms. The standard InChI is InChI=1S/C17H22N2OS/c1-4-15-10-11-16(21-15)12(3)18-13-6-8-14(9-7-13)19-17(20)5-2/h6-12,18H,4-5H2,1-3H3,(H,19,20). The van der Waals surface area contributed by atoms with Gasteiger partial charge in [-0.3, -0.25) is 4.79 Å². The summed E-state index contributed by atoms with van der Waals surface area (Å²) in [7, 11) is 0. The molecule has 2 aromatic rings. The van der Waals surface area contributed by atoms with E-state index in [1.807, 2.05) is 42.5 Å². The molecule has 112 valence electrons. The average Bonchev–Trinajstić information content (AvgIpc) is 2.98. The van der Waals surface area contributed by atoms with Crippen molar-refractivity contribution in [1.82, 2.24) is 0 Å². The molecule has 0 spiro atoms. The van der Waals surface area contributed by atoms with E-state index in [0.29, 0.717) is 6.42 Å². The number of nitrogens with one attached hydrogen (secondary N) is 2. The molecule has 0 aliphatic heterocycles. The van der Waals surface area contributed by atoms with Gasteiger partial charge in [0, 0.05) is 27.5 Å². The van der Waals surface area contributed by atoms with Gasteiger partial charge in [0.1, 0.15) is 0 Å². The molecule has 1 heterocycles. The Morgan fingerprint density at radius 2 is 1.76 bits per heavy atom. The average molecular weight is 302 g/mol. The van der Waals surface area contributed by atoms with Crippen LogP contribution in [0.1, 0.15) is 43.0 Å². The lowest BCUT2D eigenvalue weighted by molar-refractivity contribution is -0.115. The van der Waals surface area contributed by atoms with Crippen molar-refractivity contribution in [3.63, 3.8) is 0 Å². The molecule has 4 heteroatoms. The molecule has 0 fully saturated rings. The molecule has 2 rings (SSSR count). The first-order valence-electron chi connectivity index (χ1n) is 7.37. The summed E-state index contributed by atoms with van der Waals surface area (Å²) < 4.78 is 0. The summed E-state index contributed by atoms with van der Waals surface area (Å²) in [6, 6.07) is 12.5. The fourth-order valence-corrected chi connectivity index (χ4v) is 2.99. The van der Waals surface area contributed by atoms with E-state index in [9.17, 15) is 4.79 Å². The number of hydrogen-bond acceptors (Lipinski definition) is 3. The van der Waals surface area contributed by atoms with Gasteiger partial charge in [-0.05, 0) is 49.7 Å². The van der Waals surface area contributed by atoms with Crippen LogP contribution >= 0.6 is 11.3 Å². The molecule has 0 radical (unpaired) electrons. The fraction of sp³-hybridized carbons (Fsp3) is 0.353. The number of amides is 1. The van der Waals surface area contributed by atoms with E-state index < -0.39 is 0 Å². The van der Waals surface area contributed by atoms with Gasteiger partial charge in [0.05, 0.1) is 6.04 Å². The number of thiophene rings is 1. The second-order valence-corrected chi connectivity index (χ2v) is 6.20. The van der Waals surface area contributed by atoms with E-state index in [0.717, 1.165) is 17.8 Å². The minimum absolute atomic E-state index is 0.0368. The summed E-state index contributed by atoms with van der Waals surface area (Å²) in [5.74, 6) is 0.0368. The van der Waals surface area contributed by atoms with Crippen LogP contribution in [0.25, 0.3) is 0 Å². The van der Waals surface area contributed by atoms with Gasteiger partial charge in [0.15, 0.2) is 0 Å². The highest BCUT2D eigenvalue weighted by atomic mass is 32.1. The zero-order chi connectivity index (χ0) is 15.2. The van der Waals surface area contributed by atoms with E-state index in [1.54, 1.807) is 0 Å². The Labute approximate surface area is 130 Å². The molecule has 0 saturated carbocycles. The van der Waals surface area contributed by atoms with Crippen molar-refractivity contribution in [2.24, 2.45) is 0 Å². The molecule has 1 aromatic carbocycles. The van der Waals surface area contributed by atoms with Gasteiger partial charge in [-0.25, -0.2) is 0 Å². The predicted molar refractivity (Wildman–Crippen MR) is 91.1 cm³/mol. The topological polar surface area (TPSA) is 41.1 Å². The van der Waals surface area contributed by atoms with Crippen molar-refractivity contribution in [3.8, 4) is 0 Å². The molecule has 0 aliphatic carbocycles. The monoisotopic (exact) mass is 302 g/mol. The van der Waals surface area contributed by atoms with Crippen molar-refractivity contribution in [1.29, 1.82) is 0 Å². The number of benzene rings is 1. The lowest BCUT2D eigenvalue weighted by atomic mass is 10.2. The quantitative estimate of drug-likeness (QED) is 0.802. The second-order valence-electron chi connectivity index (χ2n) is 5.00. The first-order chi connectivity index (χ1) is 10.1. The Bertz CT molecular complexity index is 589. The van der Waals surface area contributed by atoms with Gasteiger partial charge < -0.3 is 10.6 Å². The van der Waals surface area contributed by atoms with Crippen molar-refractivity contribution >= 4 is 28.6 Å². The summed E-state index contributed by atoms with van der Waals surface area (Å²) in [4.78, 5) is 14.1. The van der Waals surface area contributed by atoms with Crippen molar-refractivity contribution < 1.29 is 4.79 Å². The van der Waals surface area contributed by atoms with E-state index in [1.165, 1.54) is 9.75 Å². The van der Waals surface area contributed by atoms with Crippen LogP contribution in [0, 0.1) is 0 Å². The van der Waals surface area contributed by atoms with Crippen LogP contribution in [0.4, 0.5) is 11.4 Å². The molecule has 1 aromatic heterocycles. The number of anilines is 2. The summed E-state index contributed by atoms with van der Waals surface area (Å²) >= 11 is 1.86. The maximum absolute atomic E-state index is 11.3. The van der Waals surface area contributed by atoms with Crippen molar-refractivity contribution in [2.75, 3.05) is 10.6 Å². The molecule has 1 amide bonds. The zero-order valence-electron chi connectivity index (χ0n) is 12.8. The van der Waals surface area contributed by atoms with Gasteiger partial charge in [0.2, 0.25) is 5.91 Å². The fourth-order valence-electron chi connectivity index (χ4n) is 2.04. The normalized spacial score (nSPS) is 12.0. The van der Waals surface area contributed by atoms with Gasteiger partial charge in [-0.2, -0.15) is 0 Å². The van der Waals surface area contributed by atoms with Crippen molar-refractivity contribution in [3.05, 3.63) is 46.2 Å². The van der Waals surface area contributed by atoms with Crippen LogP contribution in [0.3, 0.4) is 0 Å². The third-order valence-electron chi connectivity index (χ3n) is 3.33. The smallest absolute Gasteiger partial charge is 0.224 e. The van der Waals surface area contributed by atoms with Gasteiger partial charge >= 0.3 is 0 Å². The van der Waals surface area contributed by atoms with Crippen LogP contribution in [0.2, 0.25) is 0 Å². The Morgan fingerprint density at radius 3 is 2.33 bits per heavy atom. The SMILES string of the molecule is CCC(=O)Nc1ccc(NC(C)c2ccc(CC)s2)cc1. The Kier molecular flexibility index (Phi) is 5.39. The molecular weight excluding hydrogens is 280 g/mol. The van der Waals surface area contributed by atoms with Crippen molar-refractivity contribution in [2.45, 2.75) is 39.7 Å². The second kappa shape index (κ2) is 7.27. The van der Waals surface area contributed by atoms with Crippen LogP contribution < -0.4 is 10.6 Å². The first-order valence-corrected chi connectivity index (χ1v) is 8.19. The predicted octanol–water partition coefficient (Wildman–Crippen LogP) is 4.83. The number of carbonyl (C=O) groups excluding carboxylic acids is 1. The Hall–Kier alpha value is -1.81. The third kappa shape index (κ3) is 4.33. The largest absolute Gasteiger partial charge is 0.378 e. The number of aryl methyl sites for hydroxylation is 1. The lowest BCUT2D eigenvalue weighted by Crippen LogP contribution is -2.09. The first kappa shape index (κ1) is 15.6. The number of hydrogen-bond donors (Lipinski definition) is 2. The summed E-state index contributed by atoms with van der Waals surface area (Å²) in [5.41, 5.74) is 1.90. The van der Waals surface area contributed by atoms with E-state index in [2.05, 4.69) is 36.6 Å². The number of rotatable bonds is 6. The molecule has 0 aliphatic rings. The molecular formula is C17H22N2OS. The van der Waals surface area contributed by atoms with E-state index >= 15 is 0 Å². The van der Waals surface area contributed by atoms with Crippen LogP contribution in [0.15, 0.2) is 36.4 Å². The Morgan fingerprint density at radius 1 is 1.10 bits per heavy atom. The maximum atomic E-state index is 11.3. The highest BCUT2D eigenvalue weighted by Crippen LogP contribution is 2.27. The van der Waals surface area contributed by atoms with E-state index in [4.69, 9.17) is 0 Å². The molecule has 1 unspecified atom stereocenters. The van der Waals surface area contributed by atoms with E-state index in [-0.39, 0.29) is 11.9 Å². The lowest BCUT2D eigenvalue weighted by Gasteiger charge is -2.14. The minimum atomic E-state index is 0.0368. The summed E-state index contributed by atoms with van der Waals surface area (Å²) in [6.45, 7) is 6.19. The molecule has 2 N–H and O–H groups in total. The van der Waals surface area contributed by atoms with Crippen LogP contribution in [-0.2, 0) is 11.2 Å². The Balaban J connectivity index is 1.97. The van der Waals surface area contributed by atoms with Gasteiger partial charge in [-0.15, -0.1) is 11.3 Å². The van der Waals surface area contributed by atoms with Crippen LogP contribution in [-0.4, -0.2) is 5.91 Å². The summed E-state index contributed by atoms with van der Waals surface area (Å²) in [5, 5.41) is 6.34. The highest BCUT2D eigenvalue weighted by molar-refractivity contribution is 7.12. The minimum Gasteiger partial charge on any atom is -0.378 e. The maximum Gasteiger partial charge on any atom is 0.224 e. The molecule has 3 nitrogen and oxygen atoms in total. The molecule has 0 saturated heterocycles. The zero-order valence-corrected chi connectivity index (χ0v) is 13.6. The van der Waals surface area contributed by atoms with Crippen LogP contribution in [0.5, 0.6) is 0 Å². The highest BCUT2D eigenvalue weighted by Gasteiger charge is 2.08. The molecule has 21 heavy (non-hydrogen) atoms. The third-order valence-corrected chi connectivity index (χ3v) is 4.74. The van der Waals surface area contributed by atoms with Gasteiger partial charge in [0.25, 0.3) is 0 Å².